The second-order valence-corrected chi connectivity index (χ2v) is 5.71. The van der Waals surface area contributed by atoms with Crippen LogP contribution in [-0.4, -0.2) is 21.6 Å². The molecular weight excluding hydrogens is 367 g/mol. The summed E-state index contributed by atoms with van der Waals surface area (Å²) in [4.78, 5) is 8.14. The van der Waals surface area contributed by atoms with E-state index in [1.165, 1.54) is 23.2 Å². The van der Waals surface area contributed by atoms with Crippen LogP contribution in [0.2, 0.25) is 5.02 Å². The third kappa shape index (κ3) is 3.34. The highest BCUT2D eigenvalue weighted by Crippen LogP contribution is 2.34. The molecule has 0 aliphatic heterocycles. The van der Waals surface area contributed by atoms with Gasteiger partial charge >= 0.3 is 6.18 Å². The first kappa shape index (κ1) is 17.8. The lowest BCUT2D eigenvalue weighted by Gasteiger charge is -2.12. The number of hydrogen-bond donors (Lipinski definition) is 1. The summed E-state index contributed by atoms with van der Waals surface area (Å²) < 4.78 is 40.3. The van der Waals surface area contributed by atoms with Gasteiger partial charge in [-0.3, -0.25) is 0 Å². The first-order valence-electron chi connectivity index (χ1n) is 7.33. The summed E-state index contributed by atoms with van der Waals surface area (Å²) in [5, 5.41) is 12.3. The van der Waals surface area contributed by atoms with Crippen molar-refractivity contribution in [2.24, 2.45) is 0 Å². The predicted octanol–water partition coefficient (Wildman–Crippen LogP) is 4.52. The normalized spacial score (nSPS) is 11.2. The number of benzene rings is 1. The van der Waals surface area contributed by atoms with Crippen LogP contribution in [0.15, 0.2) is 42.9 Å². The van der Waals surface area contributed by atoms with Crippen LogP contribution >= 0.6 is 11.6 Å². The summed E-state index contributed by atoms with van der Waals surface area (Å²) in [5.74, 6) is 0.568. The molecule has 0 saturated heterocycles. The topological polar surface area (TPSA) is 66.5 Å². The number of anilines is 1. The van der Waals surface area contributed by atoms with Gasteiger partial charge in [0.05, 0.1) is 22.0 Å². The van der Waals surface area contributed by atoms with Crippen LogP contribution in [0.25, 0.3) is 16.9 Å². The lowest BCUT2D eigenvalue weighted by atomic mass is 10.2. The van der Waals surface area contributed by atoms with Gasteiger partial charge in [0.1, 0.15) is 23.9 Å². The lowest BCUT2D eigenvalue weighted by Crippen LogP contribution is -2.07. The van der Waals surface area contributed by atoms with E-state index in [0.717, 1.165) is 18.2 Å². The molecule has 2 aromatic heterocycles. The fourth-order valence-electron chi connectivity index (χ4n) is 2.41. The van der Waals surface area contributed by atoms with Gasteiger partial charge in [-0.05, 0) is 24.3 Å². The SMILES string of the molecule is CNc1cc(-c2cc(C#N)n(-c3cc(C(F)(F)F)ccc3Cl)c2)ncn1. The van der Waals surface area contributed by atoms with Crippen molar-refractivity contribution in [3.05, 3.63) is 59.1 Å². The Bertz CT molecular complexity index is 1000. The minimum absolute atomic E-state index is 0.0622. The van der Waals surface area contributed by atoms with Crippen molar-refractivity contribution in [1.29, 1.82) is 5.26 Å². The van der Waals surface area contributed by atoms with Crippen molar-refractivity contribution in [1.82, 2.24) is 14.5 Å². The molecule has 1 aromatic carbocycles. The molecule has 0 aliphatic rings. The van der Waals surface area contributed by atoms with Crippen molar-refractivity contribution in [3.8, 4) is 23.0 Å². The maximum Gasteiger partial charge on any atom is 0.416 e. The average molecular weight is 378 g/mol. The number of nitrogens with zero attached hydrogens (tertiary/aromatic N) is 4. The zero-order valence-electron chi connectivity index (χ0n) is 13.3. The number of nitrogens with one attached hydrogen (secondary N) is 1. The molecule has 0 amide bonds. The van der Waals surface area contributed by atoms with Crippen molar-refractivity contribution < 1.29 is 13.2 Å². The zero-order chi connectivity index (χ0) is 18.9. The summed E-state index contributed by atoms with van der Waals surface area (Å²) in [6.45, 7) is 0. The fraction of sp³-hybridized carbons (Fsp3) is 0.118. The Morgan fingerprint density at radius 3 is 2.62 bits per heavy atom. The summed E-state index contributed by atoms with van der Waals surface area (Å²) in [6, 6.07) is 8.11. The van der Waals surface area contributed by atoms with Crippen molar-refractivity contribution >= 4 is 17.4 Å². The third-order valence-electron chi connectivity index (χ3n) is 3.69. The highest BCUT2D eigenvalue weighted by Gasteiger charge is 2.31. The van der Waals surface area contributed by atoms with E-state index in [4.69, 9.17) is 11.6 Å². The number of aromatic nitrogens is 3. The van der Waals surface area contributed by atoms with Crippen LogP contribution < -0.4 is 5.32 Å². The molecule has 9 heteroatoms. The number of rotatable bonds is 3. The molecule has 132 valence electrons. The van der Waals surface area contributed by atoms with Gasteiger partial charge in [0, 0.05) is 24.9 Å². The Morgan fingerprint density at radius 1 is 1.19 bits per heavy atom. The van der Waals surface area contributed by atoms with E-state index in [0.29, 0.717) is 17.1 Å². The van der Waals surface area contributed by atoms with Gasteiger partial charge in [0.2, 0.25) is 0 Å². The Balaban J connectivity index is 2.15. The van der Waals surface area contributed by atoms with Crippen molar-refractivity contribution in [2.45, 2.75) is 6.18 Å². The van der Waals surface area contributed by atoms with E-state index in [2.05, 4.69) is 15.3 Å². The molecule has 0 bridgehead atoms. The molecule has 3 aromatic rings. The van der Waals surface area contributed by atoms with E-state index in [1.807, 2.05) is 6.07 Å². The summed E-state index contributed by atoms with van der Waals surface area (Å²) in [5.41, 5.74) is 0.408. The largest absolute Gasteiger partial charge is 0.416 e. The van der Waals surface area contributed by atoms with E-state index >= 15 is 0 Å². The van der Waals surface area contributed by atoms with E-state index in [1.54, 1.807) is 13.1 Å². The minimum Gasteiger partial charge on any atom is -0.373 e. The maximum atomic E-state index is 13.0. The number of alkyl halides is 3. The van der Waals surface area contributed by atoms with E-state index in [-0.39, 0.29) is 16.4 Å². The molecular formula is C17H11ClF3N5. The second kappa shape index (κ2) is 6.69. The highest BCUT2D eigenvalue weighted by atomic mass is 35.5. The quantitative estimate of drug-likeness (QED) is 0.728. The van der Waals surface area contributed by atoms with Gasteiger partial charge in [-0.25, -0.2) is 9.97 Å². The average Bonchev–Trinajstić information content (AvgIpc) is 3.05. The molecule has 3 rings (SSSR count). The third-order valence-corrected chi connectivity index (χ3v) is 4.01. The lowest BCUT2D eigenvalue weighted by molar-refractivity contribution is -0.137. The van der Waals surface area contributed by atoms with Gasteiger partial charge in [0.15, 0.2) is 0 Å². The van der Waals surface area contributed by atoms with Crippen molar-refractivity contribution in [2.75, 3.05) is 12.4 Å². The second-order valence-electron chi connectivity index (χ2n) is 5.30. The van der Waals surface area contributed by atoms with E-state index in [9.17, 15) is 18.4 Å². The molecule has 0 saturated carbocycles. The molecule has 0 aliphatic carbocycles. The molecule has 0 spiro atoms. The van der Waals surface area contributed by atoms with Gasteiger partial charge in [-0.2, -0.15) is 18.4 Å². The predicted molar refractivity (Wildman–Crippen MR) is 91.1 cm³/mol. The molecule has 0 radical (unpaired) electrons. The van der Waals surface area contributed by atoms with Crippen LogP contribution in [0.3, 0.4) is 0 Å². The molecule has 26 heavy (non-hydrogen) atoms. The van der Waals surface area contributed by atoms with Crippen molar-refractivity contribution in [3.63, 3.8) is 0 Å². The maximum absolute atomic E-state index is 13.0. The molecule has 5 nitrogen and oxygen atoms in total. The Kier molecular flexibility index (Phi) is 4.57. The number of halogens is 4. The molecule has 0 fully saturated rings. The summed E-state index contributed by atoms with van der Waals surface area (Å²) in [7, 11) is 1.69. The van der Waals surface area contributed by atoms with Gasteiger partial charge in [-0.1, -0.05) is 11.6 Å². The zero-order valence-corrected chi connectivity index (χ0v) is 14.1. The smallest absolute Gasteiger partial charge is 0.373 e. The Morgan fingerprint density at radius 2 is 1.96 bits per heavy atom. The number of nitriles is 1. The molecule has 1 N–H and O–H groups in total. The summed E-state index contributed by atoms with van der Waals surface area (Å²) in [6.07, 6.45) is -1.65. The first-order chi connectivity index (χ1) is 12.3. The standard InChI is InChI=1S/C17H11ClF3N5/c1-23-16-6-14(24-9-25-16)10-4-12(7-22)26(8-10)15-5-11(17(19,20)21)2-3-13(15)18/h2-6,8-9H,1H3,(H,23,24,25). The van der Waals surface area contributed by atoms with Gasteiger partial charge in [0.25, 0.3) is 0 Å². The van der Waals surface area contributed by atoms with Crippen LogP contribution in [0.1, 0.15) is 11.3 Å². The van der Waals surface area contributed by atoms with Gasteiger partial charge in [-0.15, -0.1) is 0 Å². The minimum atomic E-state index is -4.52. The molecule has 0 atom stereocenters. The first-order valence-corrected chi connectivity index (χ1v) is 7.71. The monoisotopic (exact) mass is 377 g/mol. The van der Waals surface area contributed by atoms with Gasteiger partial charge < -0.3 is 9.88 Å². The highest BCUT2D eigenvalue weighted by molar-refractivity contribution is 6.32. The molecule has 0 unspecified atom stereocenters. The Labute approximate surface area is 151 Å². The number of hydrogen-bond acceptors (Lipinski definition) is 4. The van der Waals surface area contributed by atoms with E-state index < -0.39 is 11.7 Å². The van der Waals surface area contributed by atoms with Crippen LogP contribution in [0.4, 0.5) is 19.0 Å². The van der Waals surface area contributed by atoms with Crippen LogP contribution in [-0.2, 0) is 6.18 Å². The summed E-state index contributed by atoms with van der Waals surface area (Å²) >= 11 is 6.08. The molecule has 2 heterocycles. The van der Waals surface area contributed by atoms with Crippen LogP contribution in [0, 0.1) is 11.3 Å². The fourth-order valence-corrected chi connectivity index (χ4v) is 2.62. The Hall–Kier alpha value is -3.05. The van der Waals surface area contributed by atoms with Crippen LogP contribution in [0.5, 0.6) is 0 Å².